The summed E-state index contributed by atoms with van der Waals surface area (Å²) < 4.78 is 40.0. The second-order valence-corrected chi connectivity index (χ2v) is 10.2. The fraction of sp³-hybridized carbons (Fsp3) is 0.370. The number of H-pyrrole nitrogens is 1. The number of nitrogens with zero attached hydrogens (tertiary/aromatic N) is 6. The lowest BCUT2D eigenvalue weighted by Gasteiger charge is -2.37. The van der Waals surface area contributed by atoms with Gasteiger partial charge < -0.3 is 20.3 Å². The van der Waals surface area contributed by atoms with E-state index in [9.17, 15) is 23.1 Å². The molecule has 3 N–H and O–H groups in total. The molecule has 208 valence electrons. The van der Waals surface area contributed by atoms with Crippen molar-refractivity contribution in [3.63, 3.8) is 0 Å². The number of imidazole rings is 1. The van der Waals surface area contributed by atoms with Gasteiger partial charge in [-0.25, -0.2) is 19.9 Å². The van der Waals surface area contributed by atoms with Crippen molar-refractivity contribution >= 4 is 28.7 Å². The van der Waals surface area contributed by atoms with Crippen molar-refractivity contribution in [1.29, 1.82) is 0 Å². The average Bonchev–Trinajstić information content (AvgIpc) is 3.68. The van der Waals surface area contributed by atoms with Crippen molar-refractivity contribution in [2.75, 3.05) is 31.5 Å². The molecule has 1 saturated carbocycles. The Morgan fingerprint density at radius 1 is 1.05 bits per heavy atom. The third kappa shape index (κ3) is 5.09. The summed E-state index contributed by atoms with van der Waals surface area (Å²) >= 11 is 0. The fourth-order valence-electron chi connectivity index (χ4n) is 5.05. The first-order chi connectivity index (χ1) is 19.2. The molecule has 0 radical (unpaired) electrons. The molecular formula is C27H27F3N8O2. The molecule has 1 saturated heterocycles. The van der Waals surface area contributed by atoms with E-state index in [1.54, 1.807) is 12.3 Å². The van der Waals surface area contributed by atoms with Crippen LogP contribution in [0.5, 0.6) is 0 Å². The molecule has 1 amide bonds. The van der Waals surface area contributed by atoms with E-state index in [1.807, 2.05) is 30.3 Å². The number of hydrogen-bond acceptors (Lipinski definition) is 8. The smallest absolute Gasteiger partial charge is 0.390 e. The first kappa shape index (κ1) is 26.1. The molecule has 0 unspecified atom stereocenters. The van der Waals surface area contributed by atoms with E-state index in [0.29, 0.717) is 42.8 Å². The number of carbonyl (C=O) groups excluding carboxylic acids is 1. The third-order valence-corrected chi connectivity index (χ3v) is 7.50. The maximum absolute atomic E-state index is 13.3. The Morgan fingerprint density at radius 2 is 1.85 bits per heavy atom. The fourth-order valence-corrected chi connectivity index (χ4v) is 5.05. The maximum Gasteiger partial charge on any atom is 0.403 e. The zero-order valence-corrected chi connectivity index (χ0v) is 21.4. The molecule has 0 atom stereocenters. The molecule has 2 fully saturated rings. The second kappa shape index (κ2) is 10.1. The molecule has 0 spiro atoms. The summed E-state index contributed by atoms with van der Waals surface area (Å²) in [5, 5.41) is 12.5. The number of aliphatic hydroxyl groups excluding tert-OH is 1. The number of halogens is 3. The molecule has 1 aliphatic carbocycles. The molecule has 4 heterocycles. The van der Waals surface area contributed by atoms with Gasteiger partial charge in [-0.1, -0.05) is 6.07 Å². The minimum atomic E-state index is -4.48. The number of fused-ring (bicyclic) bond motifs is 1. The maximum atomic E-state index is 13.3. The molecule has 10 nitrogen and oxygen atoms in total. The van der Waals surface area contributed by atoms with E-state index in [-0.39, 0.29) is 32.5 Å². The Labute approximate surface area is 227 Å². The van der Waals surface area contributed by atoms with Gasteiger partial charge in [-0.15, -0.1) is 0 Å². The van der Waals surface area contributed by atoms with E-state index in [2.05, 4.69) is 35.1 Å². The number of piperazine rings is 1. The highest BCUT2D eigenvalue weighted by atomic mass is 19.4. The number of carbonyl (C=O) groups is 1. The van der Waals surface area contributed by atoms with E-state index in [4.69, 9.17) is 0 Å². The van der Waals surface area contributed by atoms with E-state index in [1.165, 1.54) is 11.2 Å². The number of anilines is 2. The van der Waals surface area contributed by atoms with Gasteiger partial charge in [0.25, 0.3) is 0 Å². The normalized spacial score (nSPS) is 17.2. The van der Waals surface area contributed by atoms with Crippen LogP contribution in [0.3, 0.4) is 0 Å². The van der Waals surface area contributed by atoms with Gasteiger partial charge >= 0.3 is 6.18 Å². The van der Waals surface area contributed by atoms with Gasteiger partial charge in [-0.05, 0) is 48.7 Å². The molecule has 6 rings (SSSR count). The van der Waals surface area contributed by atoms with Gasteiger partial charge in [-0.3, -0.25) is 9.69 Å². The summed E-state index contributed by atoms with van der Waals surface area (Å²) in [6.45, 7) is 1.99. The number of hydrogen-bond donors (Lipinski definition) is 3. The summed E-state index contributed by atoms with van der Waals surface area (Å²) in [6, 6.07) is 11.2. The zero-order valence-electron chi connectivity index (χ0n) is 21.4. The van der Waals surface area contributed by atoms with Gasteiger partial charge in [0, 0.05) is 44.5 Å². The largest absolute Gasteiger partial charge is 0.403 e. The van der Waals surface area contributed by atoms with Gasteiger partial charge in [-0.2, -0.15) is 13.2 Å². The van der Waals surface area contributed by atoms with Crippen LogP contribution in [0.4, 0.5) is 24.9 Å². The number of aliphatic hydroxyl groups is 1. The Kier molecular flexibility index (Phi) is 6.62. The summed E-state index contributed by atoms with van der Waals surface area (Å²) in [7, 11) is 0. The lowest BCUT2D eigenvalue weighted by Crippen LogP contribution is -2.52. The standard InChI is InChI=1S/C27H27F3N8O2/c28-27(29,30)26(4-5-26)24(40)38-9-7-37(8-10-38)14-17-3-6-31-23(11-17)36-25-34-20-2-1-18(12-22(20)35-25)21-13-19(15-39)32-16-33-21/h1-3,6,11-13,16,39H,4-5,7-10,14-15H2,(H2,31,34,35,36). The van der Waals surface area contributed by atoms with Crippen molar-refractivity contribution in [2.24, 2.45) is 5.41 Å². The van der Waals surface area contributed by atoms with Crippen molar-refractivity contribution in [2.45, 2.75) is 32.2 Å². The van der Waals surface area contributed by atoms with Crippen LogP contribution in [0.25, 0.3) is 22.3 Å². The lowest BCUT2D eigenvalue weighted by atomic mass is 10.0. The monoisotopic (exact) mass is 552 g/mol. The second-order valence-electron chi connectivity index (χ2n) is 10.2. The number of aromatic amines is 1. The molecule has 1 aromatic carbocycles. The Hall–Kier alpha value is -4.10. The van der Waals surface area contributed by atoms with Gasteiger partial charge in [0.1, 0.15) is 17.6 Å². The first-order valence-electron chi connectivity index (χ1n) is 13.0. The van der Waals surface area contributed by atoms with Crippen molar-refractivity contribution in [3.05, 3.63) is 60.2 Å². The van der Waals surface area contributed by atoms with Gasteiger partial charge in [0.05, 0.1) is 29.0 Å². The van der Waals surface area contributed by atoms with E-state index in [0.717, 1.165) is 22.2 Å². The number of benzene rings is 1. The molecule has 2 aliphatic rings. The van der Waals surface area contributed by atoms with Crippen LogP contribution in [0.15, 0.2) is 48.9 Å². The minimum absolute atomic E-state index is 0.109. The van der Waals surface area contributed by atoms with Crippen molar-refractivity contribution in [1.82, 2.24) is 34.7 Å². The van der Waals surface area contributed by atoms with Crippen LogP contribution >= 0.6 is 0 Å². The number of alkyl halides is 3. The predicted molar refractivity (Wildman–Crippen MR) is 140 cm³/mol. The average molecular weight is 553 g/mol. The quantitative estimate of drug-likeness (QED) is 0.318. The summed E-state index contributed by atoms with van der Waals surface area (Å²) in [4.78, 5) is 36.5. The summed E-state index contributed by atoms with van der Waals surface area (Å²) in [5.74, 6) is 0.330. The number of nitrogens with one attached hydrogen (secondary N) is 2. The van der Waals surface area contributed by atoms with Crippen LogP contribution in [-0.4, -0.2) is 78.1 Å². The highest BCUT2D eigenvalue weighted by Gasteiger charge is 2.69. The third-order valence-electron chi connectivity index (χ3n) is 7.50. The predicted octanol–water partition coefficient (Wildman–Crippen LogP) is 3.64. The number of aromatic nitrogens is 5. The summed E-state index contributed by atoms with van der Waals surface area (Å²) in [5.41, 5.74) is 2.46. The van der Waals surface area contributed by atoms with Crippen molar-refractivity contribution < 1.29 is 23.1 Å². The van der Waals surface area contributed by atoms with Gasteiger partial charge in [0.2, 0.25) is 11.9 Å². The molecular weight excluding hydrogens is 525 g/mol. The Balaban J connectivity index is 1.08. The van der Waals surface area contributed by atoms with Crippen LogP contribution in [0.2, 0.25) is 0 Å². The first-order valence-corrected chi connectivity index (χ1v) is 13.0. The topological polar surface area (TPSA) is 123 Å². The van der Waals surface area contributed by atoms with E-state index < -0.39 is 17.5 Å². The van der Waals surface area contributed by atoms with Crippen LogP contribution in [-0.2, 0) is 17.9 Å². The number of amides is 1. The molecule has 4 aromatic rings. The highest BCUT2D eigenvalue weighted by Crippen LogP contribution is 2.58. The van der Waals surface area contributed by atoms with Crippen LogP contribution in [0.1, 0.15) is 24.1 Å². The van der Waals surface area contributed by atoms with Crippen LogP contribution in [0, 0.1) is 5.41 Å². The number of pyridine rings is 1. The van der Waals surface area contributed by atoms with Crippen molar-refractivity contribution in [3.8, 4) is 11.3 Å². The summed E-state index contributed by atoms with van der Waals surface area (Å²) in [6.07, 6.45) is -1.60. The van der Waals surface area contributed by atoms with Gasteiger partial charge in [0.15, 0.2) is 0 Å². The molecule has 1 aliphatic heterocycles. The molecule has 13 heteroatoms. The Morgan fingerprint density at radius 3 is 2.58 bits per heavy atom. The highest BCUT2D eigenvalue weighted by molar-refractivity contribution is 5.86. The molecule has 0 bridgehead atoms. The Bertz CT molecular complexity index is 1540. The molecule has 40 heavy (non-hydrogen) atoms. The number of rotatable bonds is 7. The lowest BCUT2D eigenvalue weighted by molar-refractivity contribution is -0.199. The molecule has 3 aromatic heterocycles. The zero-order chi connectivity index (χ0) is 27.9. The van der Waals surface area contributed by atoms with Crippen LogP contribution < -0.4 is 5.32 Å². The van der Waals surface area contributed by atoms with E-state index >= 15 is 0 Å². The minimum Gasteiger partial charge on any atom is -0.390 e. The SMILES string of the molecule is O=C(N1CCN(Cc2ccnc(Nc3nc4ccc(-c5cc(CO)ncn5)cc4[nH]3)c2)CC1)C1(C(F)(F)F)CC1.